The second kappa shape index (κ2) is 6.14. The summed E-state index contributed by atoms with van der Waals surface area (Å²) in [5, 5.41) is 0. The summed E-state index contributed by atoms with van der Waals surface area (Å²) in [6, 6.07) is 16.3. The Kier molecular flexibility index (Phi) is 3.97. The minimum absolute atomic E-state index is 0.109. The molecule has 0 spiro atoms. The van der Waals surface area contributed by atoms with Crippen molar-refractivity contribution in [1.29, 1.82) is 0 Å². The van der Waals surface area contributed by atoms with Crippen molar-refractivity contribution >= 4 is 0 Å². The largest absolute Gasteiger partial charge is 0.489 e. The number of hydrogen-bond acceptors (Lipinski definition) is 3. The van der Waals surface area contributed by atoms with Gasteiger partial charge in [0.2, 0.25) is 0 Å². The van der Waals surface area contributed by atoms with E-state index in [-0.39, 0.29) is 11.7 Å². The van der Waals surface area contributed by atoms with Crippen LogP contribution in [0.5, 0.6) is 11.5 Å². The highest BCUT2D eigenvalue weighted by molar-refractivity contribution is 5.44. The average molecular weight is 324 g/mol. The summed E-state index contributed by atoms with van der Waals surface area (Å²) in [5.74, 6) is 2.19. The first-order valence-electron chi connectivity index (χ1n) is 8.75. The molecule has 0 radical (unpaired) electrons. The zero-order valence-corrected chi connectivity index (χ0v) is 14.3. The van der Waals surface area contributed by atoms with Crippen LogP contribution in [0.2, 0.25) is 0 Å². The van der Waals surface area contributed by atoms with Gasteiger partial charge in [-0.25, -0.2) is 0 Å². The molecule has 0 aliphatic carbocycles. The predicted octanol–water partition coefficient (Wildman–Crippen LogP) is 4.90. The highest BCUT2D eigenvalue weighted by Gasteiger charge is 2.45. The van der Waals surface area contributed by atoms with Crippen LogP contribution < -0.4 is 9.47 Å². The zero-order chi connectivity index (χ0) is 16.6. The van der Waals surface area contributed by atoms with E-state index in [0.29, 0.717) is 12.5 Å². The lowest BCUT2D eigenvalue weighted by Gasteiger charge is -2.47. The average Bonchev–Trinajstić information content (AvgIpc) is 2.61. The third kappa shape index (κ3) is 2.89. The second-order valence-corrected chi connectivity index (χ2v) is 7.22. The normalized spacial score (nSPS) is 24.4. The lowest BCUT2D eigenvalue weighted by molar-refractivity contribution is -0.116. The molecular weight excluding hydrogens is 300 g/mol. The Morgan fingerprint density at radius 2 is 1.96 bits per heavy atom. The van der Waals surface area contributed by atoms with E-state index in [1.807, 2.05) is 30.3 Å². The molecule has 2 unspecified atom stereocenters. The van der Waals surface area contributed by atoms with Crippen molar-refractivity contribution in [1.82, 2.24) is 0 Å². The maximum absolute atomic E-state index is 6.27. The van der Waals surface area contributed by atoms with Gasteiger partial charge in [-0.05, 0) is 50.5 Å². The molecule has 1 saturated heterocycles. The fourth-order valence-electron chi connectivity index (χ4n) is 3.83. The van der Waals surface area contributed by atoms with Crippen LogP contribution in [-0.2, 0) is 11.3 Å². The molecular formula is C21H24O3. The van der Waals surface area contributed by atoms with Crippen LogP contribution in [0.15, 0.2) is 48.5 Å². The van der Waals surface area contributed by atoms with Crippen LogP contribution in [0.25, 0.3) is 0 Å². The fraction of sp³-hybridized carbons (Fsp3) is 0.429. The monoisotopic (exact) mass is 324 g/mol. The molecule has 2 aliphatic rings. The topological polar surface area (TPSA) is 27.7 Å². The first-order valence-corrected chi connectivity index (χ1v) is 8.75. The Bertz CT molecular complexity index is 708. The first-order chi connectivity index (χ1) is 11.6. The molecule has 2 heterocycles. The molecule has 3 nitrogen and oxygen atoms in total. The van der Waals surface area contributed by atoms with Crippen molar-refractivity contribution in [2.75, 3.05) is 6.61 Å². The van der Waals surface area contributed by atoms with Crippen molar-refractivity contribution < 1.29 is 14.2 Å². The molecule has 0 N–H and O–H groups in total. The van der Waals surface area contributed by atoms with Crippen LogP contribution in [0, 0.1) is 5.92 Å². The summed E-state index contributed by atoms with van der Waals surface area (Å²) in [7, 11) is 0. The Hall–Kier alpha value is -2.00. The van der Waals surface area contributed by atoms with E-state index in [2.05, 4.69) is 32.0 Å². The first kappa shape index (κ1) is 15.5. The maximum Gasteiger partial charge on any atom is 0.126 e. The van der Waals surface area contributed by atoms with Crippen molar-refractivity contribution in [3.8, 4) is 11.5 Å². The van der Waals surface area contributed by atoms with Crippen LogP contribution in [0.1, 0.15) is 43.9 Å². The molecule has 0 amide bonds. The fourth-order valence-corrected chi connectivity index (χ4v) is 3.83. The zero-order valence-electron chi connectivity index (χ0n) is 14.3. The van der Waals surface area contributed by atoms with Crippen LogP contribution in [0.4, 0.5) is 0 Å². The van der Waals surface area contributed by atoms with Gasteiger partial charge in [0.05, 0.1) is 6.10 Å². The Morgan fingerprint density at radius 1 is 1.12 bits per heavy atom. The van der Waals surface area contributed by atoms with Gasteiger partial charge in [-0.3, -0.25) is 0 Å². The van der Waals surface area contributed by atoms with E-state index in [0.717, 1.165) is 36.5 Å². The molecule has 1 fully saturated rings. The second-order valence-electron chi connectivity index (χ2n) is 7.22. The van der Waals surface area contributed by atoms with E-state index < -0.39 is 0 Å². The number of rotatable bonds is 3. The summed E-state index contributed by atoms with van der Waals surface area (Å²) in [5.41, 5.74) is 2.11. The lowest BCUT2D eigenvalue weighted by atomic mass is 9.76. The van der Waals surface area contributed by atoms with Crippen molar-refractivity contribution in [2.45, 2.75) is 45.0 Å². The van der Waals surface area contributed by atoms with Crippen LogP contribution in [-0.4, -0.2) is 12.2 Å². The molecule has 2 aromatic rings. The molecule has 2 aliphatic heterocycles. The standard InChI is InChI=1S/C21H24O3/c1-21(2)18-9-6-12-22-20(18)17-13-16(10-11-19(17)24-21)23-14-15-7-4-3-5-8-15/h3-5,7-8,10-11,13,18,20H,6,9,12,14H2,1-2H3. The third-order valence-electron chi connectivity index (χ3n) is 5.12. The van der Waals surface area contributed by atoms with Crippen molar-refractivity contribution in [3.63, 3.8) is 0 Å². The summed E-state index contributed by atoms with van der Waals surface area (Å²) in [4.78, 5) is 0. The smallest absolute Gasteiger partial charge is 0.126 e. The Morgan fingerprint density at radius 3 is 2.79 bits per heavy atom. The molecule has 4 rings (SSSR count). The van der Waals surface area contributed by atoms with Gasteiger partial charge in [0.25, 0.3) is 0 Å². The van der Waals surface area contributed by atoms with Gasteiger partial charge in [-0.2, -0.15) is 0 Å². The van der Waals surface area contributed by atoms with E-state index in [4.69, 9.17) is 14.2 Å². The molecule has 0 saturated carbocycles. The number of fused-ring (bicyclic) bond motifs is 3. The maximum atomic E-state index is 6.27. The SMILES string of the molecule is CC1(C)Oc2ccc(OCc3ccccc3)cc2C2OCCCC21. The molecule has 24 heavy (non-hydrogen) atoms. The van der Waals surface area contributed by atoms with Crippen molar-refractivity contribution in [2.24, 2.45) is 5.92 Å². The Balaban J connectivity index is 1.58. The van der Waals surface area contributed by atoms with Crippen LogP contribution >= 0.6 is 0 Å². The molecule has 2 atom stereocenters. The molecule has 0 aromatic heterocycles. The Labute approximate surface area is 143 Å². The van der Waals surface area contributed by atoms with Gasteiger partial charge >= 0.3 is 0 Å². The van der Waals surface area contributed by atoms with Gasteiger partial charge < -0.3 is 14.2 Å². The molecule has 3 heteroatoms. The van der Waals surface area contributed by atoms with E-state index in [9.17, 15) is 0 Å². The van der Waals surface area contributed by atoms with Gasteiger partial charge in [0.15, 0.2) is 0 Å². The third-order valence-corrected chi connectivity index (χ3v) is 5.12. The van der Waals surface area contributed by atoms with Crippen LogP contribution in [0.3, 0.4) is 0 Å². The van der Waals surface area contributed by atoms with Gasteiger partial charge in [0.1, 0.15) is 23.7 Å². The lowest BCUT2D eigenvalue weighted by Crippen LogP contribution is -2.47. The highest BCUT2D eigenvalue weighted by atomic mass is 16.5. The summed E-state index contributed by atoms with van der Waals surface area (Å²) >= 11 is 0. The summed E-state index contributed by atoms with van der Waals surface area (Å²) < 4.78 is 18.4. The van der Waals surface area contributed by atoms with Crippen molar-refractivity contribution in [3.05, 3.63) is 59.7 Å². The predicted molar refractivity (Wildman–Crippen MR) is 93.3 cm³/mol. The molecule has 126 valence electrons. The minimum Gasteiger partial charge on any atom is -0.489 e. The van der Waals surface area contributed by atoms with E-state index >= 15 is 0 Å². The van der Waals surface area contributed by atoms with Gasteiger partial charge in [-0.15, -0.1) is 0 Å². The number of hydrogen-bond donors (Lipinski definition) is 0. The molecule has 0 bridgehead atoms. The quantitative estimate of drug-likeness (QED) is 0.803. The highest BCUT2D eigenvalue weighted by Crippen LogP contribution is 2.50. The number of ether oxygens (including phenoxy) is 3. The number of benzene rings is 2. The summed E-state index contributed by atoms with van der Waals surface area (Å²) in [6.07, 6.45) is 2.36. The summed E-state index contributed by atoms with van der Waals surface area (Å²) in [6.45, 7) is 5.73. The van der Waals surface area contributed by atoms with E-state index in [1.165, 1.54) is 5.56 Å². The van der Waals surface area contributed by atoms with Gasteiger partial charge in [0, 0.05) is 18.1 Å². The minimum atomic E-state index is -0.190. The van der Waals surface area contributed by atoms with E-state index in [1.54, 1.807) is 0 Å². The molecule has 2 aromatic carbocycles. The van der Waals surface area contributed by atoms with Gasteiger partial charge in [-0.1, -0.05) is 30.3 Å².